The average molecular weight is 472 g/mol. The zero-order valence-corrected chi connectivity index (χ0v) is 20.8. The van der Waals surface area contributed by atoms with Gasteiger partial charge >= 0.3 is 5.69 Å². The number of aromatic amines is 1. The van der Waals surface area contributed by atoms with Crippen molar-refractivity contribution in [3.8, 4) is 5.75 Å². The minimum atomic E-state index is -0.640. The fourth-order valence-electron chi connectivity index (χ4n) is 4.13. The first kappa shape index (κ1) is 25.6. The average Bonchev–Trinajstić information content (AvgIpc) is 3.60. The number of hydrogen-bond donors (Lipinski definition) is 2. The molecule has 1 heterocycles. The molecule has 186 valence electrons. The molecule has 1 fully saturated rings. The molecule has 1 aliphatic rings. The number of anilines is 2. The van der Waals surface area contributed by atoms with Crippen LogP contribution >= 0.6 is 0 Å². The molecule has 0 atom stereocenters. The number of nitrogen functional groups attached to an aromatic ring is 1. The number of H-pyrrole nitrogens is 1. The van der Waals surface area contributed by atoms with Crippen molar-refractivity contribution in [3.63, 3.8) is 0 Å². The van der Waals surface area contributed by atoms with Gasteiger partial charge in [-0.15, -0.1) is 0 Å². The van der Waals surface area contributed by atoms with Crippen molar-refractivity contribution in [3.05, 3.63) is 50.7 Å². The number of nitrogens with one attached hydrogen (secondary N) is 1. The van der Waals surface area contributed by atoms with Gasteiger partial charge in [0.1, 0.15) is 11.6 Å². The number of hydrogen-bond acceptors (Lipinski definition) is 6. The molecule has 3 rings (SSSR count). The fraction of sp³-hybridized carbons (Fsp3) is 0.560. The van der Waals surface area contributed by atoms with E-state index < -0.39 is 11.2 Å². The van der Waals surface area contributed by atoms with Gasteiger partial charge in [0.2, 0.25) is 5.91 Å². The number of carbonyl (C=O) groups excluding carboxylic acids is 1. The highest BCUT2D eigenvalue weighted by atomic mass is 16.5. The van der Waals surface area contributed by atoms with Gasteiger partial charge in [-0.2, -0.15) is 0 Å². The number of para-hydroxylation sites is 1. The molecular weight excluding hydrogens is 434 g/mol. The number of nitrogens with two attached hydrogens (primary N) is 1. The maximum Gasteiger partial charge on any atom is 0.330 e. The van der Waals surface area contributed by atoms with Gasteiger partial charge < -0.3 is 15.4 Å². The normalized spacial score (nSPS) is 13.6. The molecule has 9 heteroatoms. The largest absolute Gasteiger partial charge is 0.496 e. The lowest BCUT2D eigenvalue weighted by atomic mass is 10.1. The summed E-state index contributed by atoms with van der Waals surface area (Å²) in [6.45, 7) is 9.23. The minimum Gasteiger partial charge on any atom is -0.496 e. The summed E-state index contributed by atoms with van der Waals surface area (Å²) in [5.41, 5.74) is 6.18. The summed E-state index contributed by atoms with van der Waals surface area (Å²) < 4.78 is 6.83. The van der Waals surface area contributed by atoms with E-state index in [9.17, 15) is 14.4 Å². The Kier molecular flexibility index (Phi) is 8.19. The number of rotatable bonds is 11. The van der Waals surface area contributed by atoms with Crippen molar-refractivity contribution in [1.29, 1.82) is 0 Å². The molecular formula is C25H37N5O4. The van der Waals surface area contributed by atoms with Crippen LogP contribution < -0.4 is 26.6 Å². The van der Waals surface area contributed by atoms with Crippen LogP contribution in [0.3, 0.4) is 0 Å². The van der Waals surface area contributed by atoms with Crippen molar-refractivity contribution >= 4 is 17.4 Å². The predicted molar refractivity (Wildman–Crippen MR) is 134 cm³/mol. The van der Waals surface area contributed by atoms with Crippen LogP contribution in [0.1, 0.15) is 46.1 Å². The Bertz CT molecular complexity index is 1120. The van der Waals surface area contributed by atoms with Crippen molar-refractivity contribution in [1.82, 2.24) is 14.5 Å². The molecule has 2 aromatic rings. The van der Waals surface area contributed by atoms with E-state index in [1.54, 1.807) is 7.11 Å². The molecule has 0 aliphatic heterocycles. The maximum atomic E-state index is 13.6. The summed E-state index contributed by atoms with van der Waals surface area (Å²) in [7, 11) is 1.64. The highest BCUT2D eigenvalue weighted by molar-refractivity contribution is 5.97. The number of benzene rings is 1. The van der Waals surface area contributed by atoms with E-state index in [1.165, 1.54) is 9.47 Å². The van der Waals surface area contributed by atoms with Crippen LogP contribution in [0.15, 0.2) is 33.9 Å². The van der Waals surface area contributed by atoms with Gasteiger partial charge in [-0.1, -0.05) is 45.9 Å². The van der Waals surface area contributed by atoms with Crippen molar-refractivity contribution in [2.24, 2.45) is 11.8 Å². The van der Waals surface area contributed by atoms with Crippen LogP contribution in [0.4, 0.5) is 11.5 Å². The first-order chi connectivity index (χ1) is 16.1. The van der Waals surface area contributed by atoms with Gasteiger partial charge in [-0.05, 0) is 30.7 Å². The first-order valence-electron chi connectivity index (χ1n) is 11.9. The van der Waals surface area contributed by atoms with Crippen LogP contribution in [-0.2, 0) is 17.9 Å². The summed E-state index contributed by atoms with van der Waals surface area (Å²) in [5, 5.41) is 0. The number of amides is 1. The molecule has 0 saturated heterocycles. The van der Waals surface area contributed by atoms with E-state index in [-0.39, 0.29) is 35.8 Å². The third-order valence-electron chi connectivity index (χ3n) is 5.85. The van der Waals surface area contributed by atoms with Gasteiger partial charge in [0.25, 0.3) is 5.56 Å². The number of ether oxygens (including phenoxy) is 1. The highest BCUT2D eigenvalue weighted by Crippen LogP contribution is 2.31. The van der Waals surface area contributed by atoms with Gasteiger partial charge in [0.05, 0.1) is 13.7 Å². The minimum absolute atomic E-state index is 0.0270. The quantitative estimate of drug-likeness (QED) is 0.520. The molecule has 3 N–H and O–H groups in total. The highest BCUT2D eigenvalue weighted by Gasteiger charge is 2.33. The second-order valence-corrected chi connectivity index (χ2v) is 9.84. The molecule has 0 bridgehead atoms. The van der Waals surface area contributed by atoms with E-state index in [0.717, 1.165) is 24.2 Å². The van der Waals surface area contributed by atoms with Gasteiger partial charge in [0, 0.05) is 31.2 Å². The van der Waals surface area contributed by atoms with Gasteiger partial charge in [0.15, 0.2) is 5.69 Å². The van der Waals surface area contributed by atoms with E-state index >= 15 is 0 Å². The monoisotopic (exact) mass is 471 g/mol. The molecule has 1 aromatic heterocycles. The maximum absolute atomic E-state index is 13.6. The molecule has 0 radical (unpaired) electrons. The molecule has 9 nitrogen and oxygen atoms in total. The number of carbonyl (C=O) groups is 1. The molecule has 1 amide bonds. The summed E-state index contributed by atoms with van der Waals surface area (Å²) in [6.07, 6.45) is 2.04. The molecule has 1 aromatic carbocycles. The molecule has 0 spiro atoms. The Hall–Kier alpha value is -3.07. The summed E-state index contributed by atoms with van der Waals surface area (Å²) in [5.74, 6) is 0.818. The fourth-order valence-corrected chi connectivity index (χ4v) is 4.13. The lowest BCUT2D eigenvalue weighted by molar-refractivity contribution is -0.120. The van der Waals surface area contributed by atoms with Crippen molar-refractivity contribution in [2.75, 3.05) is 30.8 Å². The zero-order chi connectivity index (χ0) is 25.0. The van der Waals surface area contributed by atoms with Crippen LogP contribution in [-0.4, -0.2) is 46.6 Å². The predicted octanol–water partition coefficient (Wildman–Crippen LogP) is 2.44. The van der Waals surface area contributed by atoms with Crippen LogP contribution in [0.2, 0.25) is 0 Å². The smallest absolute Gasteiger partial charge is 0.330 e. The van der Waals surface area contributed by atoms with E-state index in [4.69, 9.17) is 10.5 Å². The Morgan fingerprint density at radius 1 is 1.18 bits per heavy atom. The number of aromatic nitrogens is 2. The molecule has 1 saturated carbocycles. The SMILES string of the molecule is COc1ccccc1CN(CC(=O)N(CC(C)C)c1c(N)n(CC(C)C)c(=O)[nH]c1=O)C1CC1. The number of methoxy groups -OCH3 is 1. The first-order valence-corrected chi connectivity index (χ1v) is 11.9. The van der Waals surface area contributed by atoms with Crippen LogP contribution in [0.5, 0.6) is 5.75 Å². The van der Waals surface area contributed by atoms with Crippen molar-refractivity contribution < 1.29 is 9.53 Å². The lowest BCUT2D eigenvalue weighted by Gasteiger charge is -2.30. The van der Waals surface area contributed by atoms with Gasteiger partial charge in [-0.3, -0.25) is 24.0 Å². The molecule has 1 aliphatic carbocycles. The Labute approximate surface area is 200 Å². The Morgan fingerprint density at radius 3 is 2.44 bits per heavy atom. The second kappa shape index (κ2) is 10.9. The molecule has 34 heavy (non-hydrogen) atoms. The lowest BCUT2D eigenvalue weighted by Crippen LogP contribution is -2.47. The third-order valence-corrected chi connectivity index (χ3v) is 5.85. The van der Waals surface area contributed by atoms with Crippen molar-refractivity contribution in [2.45, 2.75) is 59.7 Å². The van der Waals surface area contributed by atoms with E-state index in [2.05, 4.69) is 9.88 Å². The van der Waals surface area contributed by atoms with Crippen LogP contribution in [0.25, 0.3) is 0 Å². The summed E-state index contributed by atoms with van der Waals surface area (Å²) in [4.78, 5) is 44.8. The molecule has 0 unspecified atom stereocenters. The van der Waals surface area contributed by atoms with Crippen LogP contribution in [0, 0.1) is 11.8 Å². The second-order valence-electron chi connectivity index (χ2n) is 9.84. The third kappa shape index (κ3) is 6.08. The topological polar surface area (TPSA) is 114 Å². The summed E-state index contributed by atoms with van der Waals surface area (Å²) in [6, 6.07) is 8.08. The van der Waals surface area contributed by atoms with Gasteiger partial charge in [-0.25, -0.2) is 4.79 Å². The van der Waals surface area contributed by atoms with E-state index in [1.807, 2.05) is 52.0 Å². The summed E-state index contributed by atoms with van der Waals surface area (Å²) >= 11 is 0. The number of nitrogens with zero attached hydrogens (tertiary/aromatic N) is 3. The Balaban J connectivity index is 1.94. The Morgan fingerprint density at radius 2 is 1.85 bits per heavy atom. The standard InChI is InChI=1S/C25H37N5O4/c1-16(2)12-29(22-23(26)30(13-17(3)4)25(33)27-24(22)32)21(31)15-28(19-10-11-19)14-18-8-6-7-9-20(18)34-5/h6-9,16-17,19H,10-15,26H2,1-5H3,(H,27,32,33). The zero-order valence-electron chi connectivity index (χ0n) is 20.8. The van der Waals surface area contributed by atoms with E-state index in [0.29, 0.717) is 25.7 Å².